The zero-order valence-corrected chi connectivity index (χ0v) is 11.0. The highest BCUT2D eigenvalue weighted by molar-refractivity contribution is 7.09. The standard InChI is InChI=1S/C14H14N2OS/c1-9-8-18-13(16-9)7-12(17)11-5-4-10-3-2-6-15-14(10)11/h2-3,6,8,11H,4-5,7H2,1H3. The lowest BCUT2D eigenvalue weighted by Gasteiger charge is -2.07. The molecule has 18 heavy (non-hydrogen) atoms. The van der Waals surface area contributed by atoms with Crippen molar-refractivity contribution in [3.63, 3.8) is 0 Å². The van der Waals surface area contributed by atoms with E-state index >= 15 is 0 Å². The van der Waals surface area contributed by atoms with Crippen molar-refractivity contribution >= 4 is 17.1 Å². The zero-order valence-electron chi connectivity index (χ0n) is 10.2. The van der Waals surface area contributed by atoms with E-state index in [9.17, 15) is 4.79 Å². The molecule has 0 aromatic carbocycles. The van der Waals surface area contributed by atoms with Crippen LogP contribution < -0.4 is 0 Å². The SMILES string of the molecule is Cc1csc(CC(=O)C2CCc3cccnc32)n1. The molecule has 1 unspecified atom stereocenters. The third-order valence-electron chi connectivity index (χ3n) is 3.34. The number of rotatable bonds is 3. The Kier molecular flexibility index (Phi) is 2.96. The fourth-order valence-electron chi connectivity index (χ4n) is 2.48. The van der Waals surface area contributed by atoms with Crippen molar-refractivity contribution in [3.05, 3.63) is 45.7 Å². The average molecular weight is 258 g/mol. The van der Waals surface area contributed by atoms with Crippen molar-refractivity contribution < 1.29 is 4.79 Å². The number of Topliss-reactive ketones (excluding diaryl/α,β-unsaturated/α-hetero) is 1. The van der Waals surface area contributed by atoms with E-state index in [2.05, 4.69) is 16.0 Å². The van der Waals surface area contributed by atoms with Gasteiger partial charge in [-0.15, -0.1) is 11.3 Å². The Labute approximate surface area is 110 Å². The molecule has 0 amide bonds. The second-order valence-corrected chi connectivity index (χ2v) is 5.61. The predicted octanol–water partition coefficient (Wildman–Crippen LogP) is 2.69. The molecule has 1 atom stereocenters. The molecule has 4 heteroatoms. The lowest BCUT2D eigenvalue weighted by Crippen LogP contribution is -2.13. The van der Waals surface area contributed by atoms with Gasteiger partial charge in [-0.25, -0.2) is 4.98 Å². The van der Waals surface area contributed by atoms with Crippen molar-refractivity contribution in [2.45, 2.75) is 32.1 Å². The molecule has 0 aliphatic heterocycles. The number of aromatic nitrogens is 2. The fraction of sp³-hybridized carbons (Fsp3) is 0.357. The molecule has 92 valence electrons. The van der Waals surface area contributed by atoms with E-state index in [4.69, 9.17) is 0 Å². The Balaban J connectivity index is 1.78. The minimum Gasteiger partial charge on any atom is -0.298 e. The van der Waals surface area contributed by atoms with Gasteiger partial charge in [0.05, 0.1) is 18.0 Å². The second kappa shape index (κ2) is 4.61. The fourth-order valence-corrected chi connectivity index (χ4v) is 3.26. The largest absolute Gasteiger partial charge is 0.298 e. The summed E-state index contributed by atoms with van der Waals surface area (Å²) >= 11 is 1.57. The molecule has 0 saturated carbocycles. The zero-order chi connectivity index (χ0) is 12.5. The Hall–Kier alpha value is -1.55. The van der Waals surface area contributed by atoms with Gasteiger partial charge in [0, 0.05) is 17.3 Å². The van der Waals surface area contributed by atoms with Crippen LogP contribution in [0, 0.1) is 6.92 Å². The number of pyridine rings is 1. The van der Waals surface area contributed by atoms with Crippen LogP contribution in [0.5, 0.6) is 0 Å². The lowest BCUT2D eigenvalue weighted by molar-refractivity contribution is -0.119. The van der Waals surface area contributed by atoms with Gasteiger partial charge in [0.2, 0.25) is 0 Å². The summed E-state index contributed by atoms with van der Waals surface area (Å²) < 4.78 is 0. The highest BCUT2D eigenvalue weighted by Crippen LogP contribution is 2.32. The molecule has 0 fully saturated rings. The Bertz CT molecular complexity index is 591. The first-order valence-corrected chi connectivity index (χ1v) is 6.99. The molecule has 3 nitrogen and oxygen atoms in total. The van der Waals surface area contributed by atoms with Gasteiger partial charge < -0.3 is 0 Å². The summed E-state index contributed by atoms with van der Waals surface area (Å²) in [5.74, 6) is 0.229. The van der Waals surface area contributed by atoms with Crippen LogP contribution in [0.15, 0.2) is 23.7 Å². The summed E-state index contributed by atoms with van der Waals surface area (Å²) in [5.41, 5.74) is 3.20. The summed E-state index contributed by atoms with van der Waals surface area (Å²) in [4.78, 5) is 21.0. The number of ketones is 1. The quantitative estimate of drug-likeness (QED) is 0.850. The molecule has 0 radical (unpaired) electrons. The van der Waals surface area contributed by atoms with Crippen LogP contribution in [0.3, 0.4) is 0 Å². The van der Waals surface area contributed by atoms with Crippen molar-refractivity contribution in [3.8, 4) is 0 Å². The van der Waals surface area contributed by atoms with Crippen LogP contribution in [0.25, 0.3) is 0 Å². The van der Waals surface area contributed by atoms with Crippen LogP contribution in [0.4, 0.5) is 0 Å². The normalized spacial score (nSPS) is 17.7. The summed E-state index contributed by atoms with van der Waals surface area (Å²) in [5, 5.41) is 2.91. The Morgan fingerprint density at radius 3 is 3.22 bits per heavy atom. The molecule has 2 aromatic heterocycles. The number of fused-ring (bicyclic) bond motifs is 1. The third-order valence-corrected chi connectivity index (χ3v) is 4.31. The van der Waals surface area contributed by atoms with Gasteiger partial charge in [-0.2, -0.15) is 0 Å². The molecule has 0 saturated heterocycles. The van der Waals surface area contributed by atoms with Crippen molar-refractivity contribution in [1.82, 2.24) is 9.97 Å². The Morgan fingerprint density at radius 1 is 1.56 bits per heavy atom. The molecule has 1 aliphatic rings. The first-order valence-electron chi connectivity index (χ1n) is 6.11. The average Bonchev–Trinajstić information content (AvgIpc) is 2.95. The van der Waals surface area contributed by atoms with Crippen molar-refractivity contribution in [2.24, 2.45) is 0 Å². The molecule has 1 aliphatic carbocycles. The van der Waals surface area contributed by atoms with Gasteiger partial charge in [0.25, 0.3) is 0 Å². The molecule has 2 aromatic rings. The monoisotopic (exact) mass is 258 g/mol. The number of nitrogens with zero attached hydrogens (tertiary/aromatic N) is 2. The maximum atomic E-state index is 12.3. The van der Waals surface area contributed by atoms with Crippen LogP contribution in [-0.4, -0.2) is 15.8 Å². The van der Waals surface area contributed by atoms with Gasteiger partial charge in [-0.3, -0.25) is 9.78 Å². The van der Waals surface area contributed by atoms with E-state index in [0.29, 0.717) is 6.42 Å². The van der Waals surface area contributed by atoms with E-state index in [1.54, 1.807) is 17.5 Å². The highest BCUT2D eigenvalue weighted by atomic mass is 32.1. The number of hydrogen-bond acceptors (Lipinski definition) is 4. The summed E-state index contributed by atoms with van der Waals surface area (Å²) in [7, 11) is 0. The third kappa shape index (κ3) is 2.08. The maximum absolute atomic E-state index is 12.3. The lowest BCUT2D eigenvalue weighted by atomic mass is 9.99. The first kappa shape index (κ1) is 11.5. The van der Waals surface area contributed by atoms with E-state index < -0.39 is 0 Å². The smallest absolute Gasteiger partial charge is 0.148 e. The van der Waals surface area contributed by atoms with Crippen LogP contribution in [0.1, 0.15) is 34.3 Å². The summed E-state index contributed by atoms with van der Waals surface area (Å²) in [6.45, 7) is 1.96. The van der Waals surface area contributed by atoms with Gasteiger partial charge in [-0.05, 0) is 31.4 Å². The number of hydrogen-bond donors (Lipinski definition) is 0. The van der Waals surface area contributed by atoms with Crippen molar-refractivity contribution in [1.29, 1.82) is 0 Å². The molecular formula is C14H14N2OS. The topological polar surface area (TPSA) is 42.9 Å². The Morgan fingerprint density at radius 2 is 2.44 bits per heavy atom. The van der Waals surface area contributed by atoms with Gasteiger partial charge in [0.1, 0.15) is 10.8 Å². The van der Waals surface area contributed by atoms with Gasteiger partial charge in [-0.1, -0.05) is 6.07 Å². The van der Waals surface area contributed by atoms with Crippen LogP contribution in [0.2, 0.25) is 0 Å². The molecule has 0 spiro atoms. The summed E-state index contributed by atoms with van der Waals surface area (Å²) in [6, 6.07) is 4.01. The van der Waals surface area contributed by atoms with E-state index in [1.807, 2.05) is 18.4 Å². The number of carbonyl (C=O) groups is 1. The molecule has 2 heterocycles. The van der Waals surface area contributed by atoms with E-state index in [-0.39, 0.29) is 11.7 Å². The maximum Gasteiger partial charge on any atom is 0.148 e. The highest BCUT2D eigenvalue weighted by Gasteiger charge is 2.29. The number of thiazole rings is 1. The summed E-state index contributed by atoms with van der Waals surface area (Å²) in [6.07, 6.45) is 4.09. The van der Waals surface area contributed by atoms with E-state index in [1.165, 1.54) is 5.56 Å². The predicted molar refractivity (Wildman–Crippen MR) is 70.9 cm³/mol. The number of aryl methyl sites for hydroxylation is 2. The minimum absolute atomic E-state index is 0.0228. The molecule has 3 rings (SSSR count). The van der Waals surface area contributed by atoms with Crippen LogP contribution >= 0.6 is 11.3 Å². The molecule has 0 N–H and O–H groups in total. The second-order valence-electron chi connectivity index (χ2n) is 4.66. The van der Waals surface area contributed by atoms with Crippen LogP contribution in [-0.2, 0) is 17.6 Å². The van der Waals surface area contributed by atoms with Gasteiger partial charge >= 0.3 is 0 Å². The van der Waals surface area contributed by atoms with Crippen molar-refractivity contribution in [2.75, 3.05) is 0 Å². The first-order chi connectivity index (χ1) is 8.74. The minimum atomic E-state index is -0.0228. The van der Waals surface area contributed by atoms with Gasteiger partial charge in [0.15, 0.2) is 0 Å². The molecule has 0 bridgehead atoms. The van der Waals surface area contributed by atoms with E-state index in [0.717, 1.165) is 29.2 Å². The number of carbonyl (C=O) groups excluding carboxylic acids is 1. The molecular weight excluding hydrogens is 244 g/mol.